The number of nitrogen functional groups attached to an aromatic ring is 1. The zero-order valence-electron chi connectivity index (χ0n) is 20.4. The van der Waals surface area contributed by atoms with Gasteiger partial charge >= 0.3 is 11.4 Å². The first kappa shape index (κ1) is 29.1. The number of nitrogens with two attached hydrogens (primary N) is 1. The standard InChI is InChI=1S/C13H18FN3O2S.C9H12FN3O3S/c1-4-9-7(2)11(14)12(20-9)17-6-5-10(15-8(3)18)16-13(17)19;10-6-7(15)4(3-14)17-8(6)13-2-1-5(11)12-9(13)16/h5-7,9,11-12H,4H2,1-3H3,(H,15,16,18,19);1-2,4,6-8,14-15H,3H2,(H2,11,12,16)/t7-,9-,11+,12-;4-,6+,7-,8-/m11/s1. The van der Waals surface area contributed by atoms with Gasteiger partial charge in [0.2, 0.25) is 5.91 Å². The smallest absolute Gasteiger partial charge is 0.350 e. The van der Waals surface area contributed by atoms with Crippen molar-refractivity contribution < 1.29 is 23.8 Å². The van der Waals surface area contributed by atoms with Gasteiger partial charge in [0, 0.05) is 30.5 Å². The molecule has 11 nitrogen and oxygen atoms in total. The number of carbonyl (C=O) groups is 1. The molecule has 1 amide bonds. The van der Waals surface area contributed by atoms with Gasteiger partial charge in [-0.05, 0) is 18.6 Å². The van der Waals surface area contributed by atoms with E-state index in [0.29, 0.717) is 0 Å². The van der Waals surface area contributed by atoms with Crippen LogP contribution in [0.2, 0.25) is 0 Å². The minimum absolute atomic E-state index is 0.0592. The lowest BCUT2D eigenvalue weighted by atomic mass is 10.0. The highest BCUT2D eigenvalue weighted by molar-refractivity contribution is 8.00. The summed E-state index contributed by atoms with van der Waals surface area (Å²) in [7, 11) is 0. The summed E-state index contributed by atoms with van der Waals surface area (Å²) in [5.41, 5.74) is 4.12. The number of thioether (sulfide) groups is 2. The number of halogens is 2. The maximum absolute atomic E-state index is 14.3. The lowest BCUT2D eigenvalue weighted by molar-refractivity contribution is -0.114. The Kier molecular flexibility index (Phi) is 9.72. The molecule has 2 saturated heterocycles. The highest BCUT2D eigenvalue weighted by Crippen LogP contribution is 2.47. The van der Waals surface area contributed by atoms with Crippen LogP contribution in [-0.2, 0) is 4.79 Å². The number of nitrogens with zero attached hydrogens (tertiary/aromatic N) is 4. The molecule has 4 rings (SSSR count). The SMILES string of the molecule is CC[C@H]1S[C@@H](n2ccc(NC(C)=O)nc2=O)[C@@H](F)[C@@H]1C.Nc1ccn([C@@H]2S[C@H](CO)[C@@H](O)[C@@H]2F)c(=O)n1. The van der Waals surface area contributed by atoms with Crippen molar-refractivity contribution >= 4 is 41.1 Å². The predicted molar refractivity (Wildman–Crippen MR) is 139 cm³/mol. The van der Waals surface area contributed by atoms with Crippen molar-refractivity contribution in [3.63, 3.8) is 0 Å². The third kappa shape index (κ3) is 6.51. The van der Waals surface area contributed by atoms with E-state index < -0.39 is 45.8 Å². The first-order valence-electron chi connectivity index (χ1n) is 11.6. The number of rotatable bonds is 5. The van der Waals surface area contributed by atoms with E-state index in [1.807, 2.05) is 13.8 Å². The molecule has 2 aliphatic rings. The lowest BCUT2D eigenvalue weighted by Crippen LogP contribution is -2.33. The third-order valence-electron chi connectivity index (χ3n) is 6.09. The van der Waals surface area contributed by atoms with Crippen LogP contribution in [-0.4, -0.2) is 70.8 Å². The van der Waals surface area contributed by atoms with E-state index in [4.69, 9.17) is 10.8 Å². The van der Waals surface area contributed by atoms with Crippen LogP contribution in [0.5, 0.6) is 0 Å². The summed E-state index contributed by atoms with van der Waals surface area (Å²) < 4.78 is 30.5. The number of hydrogen-bond donors (Lipinski definition) is 4. The quantitative estimate of drug-likeness (QED) is 0.419. The van der Waals surface area contributed by atoms with Crippen LogP contribution < -0.4 is 22.4 Å². The third-order valence-corrected chi connectivity index (χ3v) is 9.51. The number of aliphatic hydroxyl groups excluding tert-OH is 2. The first-order valence-corrected chi connectivity index (χ1v) is 13.5. The van der Waals surface area contributed by atoms with Crippen molar-refractivity contribution in [2.24, 2.45) is 5.92 Å². The molecule has 0 saturated carbocycles. The summed E-state index contributed by atoms with van der Waals surface area (Å²) in [5, 5.41) is 19.1. The van der Waals surface area contributed by atoms with Crippen molar-refractivity contribution in [3.05, 3.63) is 45.5 Å². The van der Waals surface area contributed by atoms with E-state index in [9.17, 15) is 28.3 Å². The molecule has 2 aliphatic heterocycles. The van der Waals surface area contributed by atoms with E-state index in [-0.39, 0.29) is 35.3 Å². The van der Waals surface area contributed by atoms with Gasteiger partial charge in [0.1, 0.15) is 34.7 Å². The molecule has 15 heteroatoms. The number of aliphatic hydroxyl groups is 2. The fourth-order valence-corrected chi connectivity index (χ4v) is 7.08. The van der Waals surface area contributed by atoms with Gasteiger partial charge in [0.15, 0.2) is 6.17 Å². The van der Waals surface area contributed by atoms with Crippen LogP contribution in [0.3, 0.4) is 0 Å². The molecular formula is C22H30F2N6O5S2. The maximum Gasteiger partial charge on any atom is 0.350 e. The van der Waals surface area contributed by atoms with Gasteiger partial charge in [-0.1, -0.05) is 13.8 Å². The molecule has 2 fully saturated rings. The Labute approximate surface area is 219 Å². The summed E-state index contributed by atoms with van der Waals surface area (Å²) >= 11 is 2.48. The maximum atomic E-state index is 14.3. The fraction of sp³-hybridized carbons (Fsp3) is 0.591. The van der Waals surface area contributed by atoms with E-state index in [1.165, 1.54) is 47.8 Å². The Morgan fingerprint density at radius 1 is 1.08 bits per heavy atom. The second-order valence-electron chi connectivity index (χ2n) is 8.69. The first-order chi connectivity index (χ1) is 17.5. The van der Waals surface area contributed by atoms with Crippen LogP contribution in [0.4, 0.5) is 20.4 Å². The molecule has 204 valence electrons. The predicted octanol–water partition coefficient (Wildman–Crippen LogP) is 1.33. The number of nitrogens with one attached hydrogen (secondary N) is 1. The van der Waals surface area contributed by atoms with Gasteiger partial charge in [0.25, 0.3) is 0 Å². The van der Waals surface area contributed by atoms with Crippen molar-refractivity contribution in [3.8, 4) is 0 Å². The van der Waals surface area contributed by atoms with Crippen LogP contribution in [0, 0.1) is 5.92 Å². The molecule has 0 aromatic carbocycles. The van der Waals surface area contributed by atoms with Crippen molar-refractivity contribution in [2.45, 2.75) is 66.9 Å². The molecule has 0 spiro atoms. The largest absolute Gasteiger partial charge is 0.395 e. The number of aromatic nitrogens is 4. The molecule has 2 aromatic rings. The topological polar surface area (TPSA) is 165 Å². The minimum atomic E-state index is -1.62. The summed E-state index contributed by atoms with van der Waals surface area (Å²) in [4.78, 5) is 41.7. The molecule has 0 radical (unpaired) electrons. The van der Waals surface area contributed by atoms with Gasteiger partial charge in [-0.2, -0.15) is 9.97 Å². The molecule has 37 heavy (non-hydrogen) atoms. The average molecular weight is 561 g/mol. The van der Waals surface area contributed by atoms with Gasteiger partial charge in [-0.25, -0.2) is 18.4 Å². The van der Waals surface area contributed by atoms with E-state index in [1.54, 1.807) is 0 Å². The Morgan fingerprint density at radius 2 is 1.65 bits per heavy atom. The minimum Gasteiger partial charge on any atom is -0.395 e. The normalized spacial score (nSPS) is 31.0. The van der Waals surface area contributed by atoms with Gasteiger partial charge in [0.05, 0.1) is 11.9 Å². The molecule has 0 bridgehead atoms. The molecule has 0 unspecified atom stereocenters. The van der Waals surface area contributed by atoms with Crippen LogP contribution in [0.25, 0.3) is 0 Å². The molecule has 5 N–H and O–H groups in total. The Bertz CT molecular complexity index is 1220. The fourth-order valence-electron chi connectivity index (χ4n) is 4.08. The summed E-state index contributed by atoms with van der Waals surface area (Å²) in [6, 6.07) is 2.90. The number of anilines is 2. The molecule has 0 aliphatic carbocycles. The highest BCUT2D eigenvalue weighted by atomic mass is 32.2. The molecule has 4 heterocycles. The zero-order valence-corrected chi connectivity index (χ0v) is 22.0. The van der Waals surface area contributed by atoms with Gasteiger partial charge in [-0.3, -0.25) is 13.9 Å². The van der Waals surface area contributed by atoms with Crippen molar-refractivity contribution in [1.82, 2.24) is 19.1 Å². The van der Waals surface area contributed by atoms with E-state index >= 15 is 0 Å². The second kappa shape index (κ2) is 12.4. The van der Waals surface area contributed by atoms with Crippen LogP contribution in [0.15, 0.2) is 34.1 Å². The van der Waals surface area contributed by atoms with Crippen LogP contribution >= 0.6 is 23.5 Å². The second-order valence-corrected chi connectivity index (χ2v) is 11.4. The number of amides is 1. The van der Waals surface area contributed by atoms with Crippen LogP contribution in [0.1, 0.15) is 37.9 Å². The molecular weight excluding hydrogens is 530 g/mol. The van der Waals surface area contributed by atoms with E-state index in [0.717, 1.165) is 22.7 Å². The Hall–Kier alpha value is -2.49. The van der Waals surface area contributed by atoms with Gasteiger partial charge < -0.3 is 21.3 Å². The molecule has 2 aromatic heterocycles. The van der Waals surface area contributed by atoms with Gasteiger partial charge in [-0.15, -0.1) is 23.5 Å². The monoisotopic (exact) mass is 560 g/mol. The Morgan fingerprint density at radius 3 is 2.14 bits per heavy atom. The summed E-state index contributed by atoms with van der Waals surface area (Å²) in [6.45, 7) is 4.88. The number of carbonyl (C=O) groups excluding carboxylic acids is 1. The summed E-state index contributed by atoms with van der Waals surface area (Å²) in [6.07, 6.45) is -0.290. The zero-order chi connectivity index (χ0) is 27.4. The highest BCUT2D eigenvalue weighted by Gasteiger charge is 2.45. The number of alkyl halides is 2. The molecule has 8 atom stereocenters. The average Bonchev–Trinajstić information content (AvgIpc) is 3.29. The number of hydrogen-bond acceptors (Lipinski definition) is 10. The van der Waals surface area contributed by atoms with E-state index in [2.05, 4.69) is 15.3 Å². The Balaban J connectivity index is 0.000000208. The van der Waals surface area contributed by atoms with Crippen molar-refractivity contribution in [2.75, 3.05) is 17.7 Å². The summed E-state index contributed by atoms with van der Waals surface area (Å²) in [5.74, 6) is -0.133. The van der Waals surface area contributed by atoms with Crippen molar-refractivity contribution in [1.29, 1.82) is 0 Å². The lowest BCUT2D eigenvalue weighted by Gasteiger charge is -2.16.